The number of hydrogen-bond donors (Lipinski definition) is 0. The van der Waals surface area contributed by atoms with Crippen LogP contribution >= 0.6 is 15.9 Å². The van der Waals surface area contributed by atoms with Crippen molar-refractivity contribution in [2.24, 2.45) is 0 Å². The van der Waals surface area contributed by atoms with Gasteiger partial charge >= 0.3 is 6.18 Å². The van der Waals surface area contributed by atoms with Crippen LogP contribution in [0.3, 0.4) is 0 Å². The molecule has 0 N–H and O–H groups in total. The van der Waals surface area contributed by atoms with Gasteiger partial charge in [-0.15, -0.1) is 0 Å². The molecular weight excluding hydrogens is 321 g/mol. The Bertz CT molecular complexity index is 549. The monoisotopic (exact) mass is 330 g/mol. The molecular formula is C14H10BrF3O. The van der Waals surface area contributed by atoms with Gasteiger partial charge in [-0.3, -0.25) is 0 Å². The molecule has 0 saturated heterocycles. The number of hydrogen-bond acceptors (Lipinski definition) is 1. The number of rotatable bonds is 3. The van der Waals surface area contributed by atoms with Crippen LogP contribution < -0.4 is 4.74 Å². The van der Waals surface area contributed by atoms with Crippen LogP contribution in [0.25, 0.3) is 0 Å². The van der Waals surface area contributed by atoms with E-state index in [9.17, 15) is 13.2 Å². The molecule has 2 rings (SSSR count). The maximum atomic E-state index is 12.5. The summed E-state index contributed by atoms with van der Waals surface area (Å²) >= 11 is 3.31. The maximum Gasteiger partial charge on any atom is 0.416 e. The van der Waals surface area contributed by atoms with Gasteiger partial charge < -0.3 is 4.74 Å². The van der Waals surface area contributed by atoms with E-state index in [1.165, 1.54) is 12.1 Å². The van der Waals surface area contributed by atoms with Crippen molar-refractivity contribution < 1.29 is 17.9 Å². The van der Waals surface area contributed by atoms with Gasteiger partial charge in [0.05, 0.1) is 5.56 Å². The van der Waals surface area contributed by atoms with E-state index >= 15 is 0 Å². The fraction of sp³-hybridized carbons (Fsp3) is 0.143. The van der Waals surface area contributed by atoms with Gasteiger partial charge in [-0.05, 0) is 35.9 Å². The maximum absolute atomic E-state index is 12.5. The van der Waals surface area contributed by atoms with Crippen molar-refractivity contribution in [3.63, 3.8) is 0 Å². The summed E-state index contributed by atoms with van der Waals surface area (Å²) in [5.41, 5.74) is 0.346. The normalized spacial score (nSPS) is 11.4. The Kier molecular flexibility index (Phi) is 4.14. The third kappa shape index (κ3) is 3.73. The second-order valence-corrected chi connectivity index (χ2v) is 4.47. The van der Waals surface area contributed by atoms with Crippen molar-refractivity contribution in [1.29, 1.82) is 0 Å². The van der Waals surface area contributed by atoms with E-state index < -0.39 is 11.7 Å². The Hall–Kier alpha value is -1.49. The SMILES string of the molecule is FC(F)(F)c1cccc(Oc2ccc(CBr)cc2)c1. The molecule has 19 heavy (non-hydrogen) atoms. The molecule has 0 bridgehead atoms. The molecule has 0 heterocycles. The first kappa shape index (κ1) is 13.9. The first-order chi connectivity index (χ1) is 8.99. The Labute approximate surface area is 117 Å². The Balaban J connectivity index is 2.18. The number of benzene rings is 2. The zero-order valence-corrected chi connectivity index (χ0v) is 11.3. The molecule has 0 radical (unpaired) electrons. The highest BCUT2D eigenvalue weighted by Gasteiger charge is 2.30. The standard InChI is InChI=1S/C14H10BrF3O/c15-9-10-4-6-12(7-5-10)19-13-3-1-2-11(8-13)14(16,17)18/h1-8H,9H2. The molecule has 0 unspecified atom stereocenters. The van der Waals surface area contributed by atoms with Crippen LogP contribution in [0.2, 0.25) is 0 Å². The summed E-state index contributed by atoms with van der Waals surface area (Å²) < 4.78 is 43.0. The third-order valence-corrected chi connectivity index (χ3v) is 3.12. The molecule has 0 fully saturated rings. The highest BCUT2D eigenvalue weighted by Crippen LogP contribution is 2.32. The van der Waals surface area contributed by atoms with Gasteiger partial charge in [-0.25, -0.2) is 0 Å². The Morgan fingerprint density at radius 1 is 0.947 bits per heavy atom. The topological polar surface area (TPSA) is 9.23 Å². The quantitative estimate of drug-likeness (QED) is 0.685. The lowest BCUT2D eigenvalue weighted by Crippen LogP contribution is -2.04. The molecule has 0 aliphatic heterocycles. The van der Waals surface area contributed by atoms with Crippen LogP contribution in [0, 0.1) is 0 Å². The zero-order chi connectivity index (χ0) is 13.9. The van der Waals surface area contributed by atoms with E-state index in [1.807, 2.05) is 12.1 Å². The zero-order valence-electron chi connectivity index (χ0n) is 9.75. The number of ether oxygens (including phenoxy) is 1. The van der Waals surface area contributed by atoms with Crippen LogP contribution in [0.5, 0.6) is 11.5 Å². The minimum absolute atomic E-state index is 0.168. The molecule has 0 saturated carbocycles. The van der Waals surface area contributed by atoms with Crippen molar-refractivity contribution in [3.8, 4) is 11.5 Å². The van der Waals surface area contributed by atoms with E-state index in [-0.39, 0.29) is 5.75 Å². The number of alkyl halides is 4. The lowest BCUT2D eigenvalue weighted by molar-refractivity contribution is -0.137. The summed E-state index contributed by atoms with van der Waals surface area (Å²) in [6.07, 6.45) is -4.36. The molecule has 0 spiro atoms. The van der Waals surface area contributed by atoms with Gasteiger partial charge in [-0.1, -0.05) is 34.1 Å². The van der Waals surface area contributed by atoms with Gasteiger partial charge in [0.25, 0.3) is 0 Å². The van der Waals surface area contributed by atoms with Gasteiger partial charge in [-0.2, -0.15) is 13.2 Å². The first-order valence-corrected chi connectivity index (χ1v) is 6.61. The molecule has 0 atom stereocenters. The van der Waals surface area contributed by atoms with E-state index in [2.05, 4.69) is 15.9 Å². The van der Waals surface area contributed by atoms with Gasteiger partial charge in [0, 0.05) is 5.33 Å². The molecule has 2 aromatic carbocycles. The predicted molar refractivity (Wildman–Crippen MR) is 70.6 cm³/mol. The van der Waals surface area contributed by atoms with E-state index in [0.29, 0.717) is 5.75 Å². The molecule has 0 amide bonds. The minimum Gasteiger partial charge on any atom is -0.457 e. The predicted octanol–water partition coefficient (Wildman–Crippen LogP) is 5.39. The molecule has 5 heteroatoms. The largest absolute Gasteiger partial charge is 0.457 e. The summed E-state index contributed by atoms with van der Waals surface area (Å²) in [7, 11) is 0. The van der Waals surface area contributed by atoms with Crippen molar-refractivity contribution in [2.75, 3.05) is 0 Å². The van der Waals surface area contributed by atoms with Crippen LogP contribution in [0.4, 0.5) is 13.2 Å². The van der Waals surface area contributed by atoms with Gasteiger partial charge in [0.1, 0.15) is 11.5 Å². The third-order valence-electron chi connectivity index (χ3n) is 2.47. The second kappa shape index (κ2) is 5.65. The highest BCUT2D eigenvalue weighted by atomic mass is 79.9. The molecule has 100 valence electrons. The summed E-state index contributed by atoms with van der Waals surface area (Å²) in [4.78, 5) is 0. The van der Waals surface area contributed by atoms with E-state index in [0.717, 1.165) is 23.0 Å². The molecule has 1 nitrogen and oxygen atoms in total. The van der Waals surface area contributed by atoms with Crippen molar-refractivity contribution >= 4 is 15.9 Å². The summed E-state index contributed by atoms with van der Waals surface area (Å²) in [6, 6.07) is 11.9. The van der Waals surface area contributed by atoms with Gasteiger partial charge in [0.2, 0.25) is 0 Å². The average Bonchev–Trinajstić information content (AvgIpc) is 2.39. The second-order valence-electron chi connectivity index (χ2n) is 3.91. The Morgan fingerprint density at radius 2 is 1.63 bits per heavy atom. The molecule has 0 aliphatic carbocycles. The first-order valence-electron chi connectivity index (χ1n) is 5.49. The van der Waals surface area contributed by atoms with Crippen LogP contribution in [-0.4, -0.2) is 0 Å². The summed E-state index contributed by atoms with van der Waals surface area (Å²) in [6.45, 7) is 0. The van der Waals surface area contributed by atoms with Crippen molar-refractivity contribution in [2.45, 2.75) is 11.5 Å². The lowest BCUT2D eigenvalue weighted by atomic mass is 10.2. The Morgan fingerprint density at radius 3 is 2.21 bits per heavy atom. The van der Waals surface area contributed by atoms with Crippen LogP contribution in [0.1, 0.15) is 11.1 Å². The lowest BCUT2D eigenvalue weighted by Gasteiger charge is -2.10. The molecule has 0 aromatic heterocycles. The average molecular weight is 331 g/mol. The molecule has 2 aromatic rings. The smallest absolute Gasteiger partial charge is 0.416 e. The van der Waals surface area contributed by atoms with E-state index in [4.69, 9.17) is 4.74 Å². The molecule has 0 aliphatic rings. The summed E-state index contributed by atoms with van der Waals surface area (Å²) in [5.74, 6) is 0.672. The summed E-state index contributed by atoms with van der Waals surface area (Å²) in [5, 5.41) is 0.719. The van der Waals surface area contributed by atoms with Gasteiger partial charge in [0.15, 0.2) is 0 Å². The minimum atomic E-state index is -4.36. The fourth-order valence-corrected chi connectivity index (χ4v) is 1.89. The van der Waals surface area contributed by atoms with Crippen LogP contribution in [0.15, 0.2) is 48.5 Å². The fourth-order valence-electron chi connectivity index (χ4n) is 1.52. The highest BCUT2D eigenvalue weighted by molar-refractivity contribution is 9.08. The van der Waals surface area contributed by atoms with Crippen molar-refractivity contribution in [3.05, 3.63) is 59.7 Å². The van der Waals surface area contributed by atoms with E-state index in [1.54, 1.807) is 12.1 Å². The van der Waals surface area contributed by atoms with Crippen LogP contribution in [-0.2, 0) is 11.5 Å². The number of halogens is 4. The van der Waals surface area contributed by atoms with Crippen molar-refractivity contribution in [1.82, 2.24) is 0 Å².